The number of hydrogen-bond acceptors (Lipinski definition) is 5. The van der Waals surface area contributed by atoms with Gasteiger partial charge in [0.05, 0.1) is 24.6 Å². The Morgan fingerprint density at radius 1 is 1.21 bits per heavy atom. The van der Waals surface area contributed by atoms with Gasteiger partial charge in [-0.2, -0.15) is 0 Å². The first-order valence-electron chi connectivity index (χ1n) is 10.9. The Balaban J connectivity index is 1.40. The van der Waals surface area contributed by atoms with E-state index in [0.717, 1.165) is 57.8 Å². The van der Waals surface area contributed by atoms with E-state index in [2.05, 4.69) is 40.3 Å². The monoisotopic (exact) mass is 522 g/mol. The lowest BCUT2D eigenvalue weighted by atomic mass is 9.95. The number of nitrogens with one attached hydrogen (secondary N) is 1. The summed E-state index contributed by atoms with van der Waals surface area (Å²) in [6.45, 7) is 2.41. The molecule has 0 atom stereocenters. The van der Waals surface area contributed by atoms with Gasteiger partial charge in [-0.3, -0.25) is 4.79 Å². The summed E-state index contributed by atoms with van der Waals surface area (Å²) >= 11 is 5.22. The molecule has 0 spiro atoms. The van der Waals surface area contributed by atoms with E-state index >= 15 is 0 Å². The van der Waals surface area contributed by atoms with Crippen molar-refractivity contribution in [1.82, 2.24) is 5.32 Å². The highest BCUT2D eigenvalue weighted by Crippen LogP contribution is 2.40. The largest absolute Gasteiger partial charge is 0.467 e. The summed E-state index contributed by atoms with van der Waals surface area (Å²) in [6.07, 6.45) is 7.47. The maximum Gasteiger partial charge on any atom is 0.255 e. The number of halogens is 1. The number of aryl methyl sites for hydroxylation is 2. The number of benzene rings is 1. The van der Waals surface area contributed by atoms with Gasteiger partial charge in [0.2, 0.25) is 0 Å². The molecule has 168 valence electrons. The van der Waals surface area contributed by atoms with Gasteiger partial charge >= 0.3 is 0 Å². The van der Waals surface area contributed by atoms with Crippen LogP contribution in [0.5, 0.6) is 0 Å². The molecule has 1 N–H and O–H groups in total. The number of nitrogens with zero attached hydrogens (tertiary/aromatic N) is 1. The summed E-state index contributed by atoms with van der Waals surface area (Å²) in [5, 5.41) is 3.71. The summed E-state index contributed by atoms with van der Waals surface area (Å²) in [6, 6.07) is 13.7. The second-order valence-corrected chi connectivity index (χ2v) is 10.0. The highest BCUT2D eigenvalue weighted by Gasteiger charge is 2.25. The zero-order chi connectivity index (χ0) is 22.8. The van der Waals surface area contributed by atoms with Crippen molar-refractivity contribution in [3.05, 3.63) is 86.3 Å². The van der Waals surface area contributed by atoms with Gasteiger partial charge in [-0.25, -0.2) is 4.99 Å². The Hall–Kier alpha value is -2.90. The number of thiophene rings is 1. The van der Waals surface area contributed by atoms with Crippen LogP contribution in [-0.2, 0) is 19.4 Å². The number of rotatable bonds is 6. The van der Waals surface area contributed by atoms with Gasteiger partial charge in [-0.15, -0.1) is 11.3 Å². The van der Waals surface area contributed by atoms with Crippen LogP contribution in [0.15, 0.2) is 67.0 Å². The van der Waals surface area contributed by atoms with Crippen molar-refractivity contribution in [3.63, 3.8) is 0 Å². The molecule has 4 aromatic rings. The van der Waals surface area contributed by atoms with Crippen LogP contribution in [-0.4, -0.2) is 12.1 Å². The minimum absolute atomic E-state index is 0.110. The molecule has 0 aliphatic heterocycles. The van der Waals surface area contributed by atoms with Crippen molar-refractivity contribution in [3.8, 4) is 11.3 Å². The predicted octanol–water partition coefficient (Wildman–Crippen LogP) is 7.23. The van der Waals surface area contributed by atoms with Gasteiger partial charge in [0, 0.05) is 14.9 Å². The first-order valence-corrected chi connectivity index (χ1v) is 12.5. The first-order chi connectivity index (χ1) is 16.1. The van der Waals surface area contributed by atoms with Gasteiger partial charge < -0.3 is 14.2 Å². The van der Waals surface area contributed by atoms with E-state index in [-0.39, 0.29) is 5.91 Å². The SMILES string of the molecule is Cc1ccc(-c2ccc(C=Nc3sc4c(c3C(=O)NCc3ccco3)CCCC4)o2)c(Br)c1. The molecule has 0 bridgehead atoms. The second-order valence-electron chi connectivity index (χ2n) is 8.10. The summed E-state index contributed by atoms with van der Waals surface area (Å²) in [4.78, 5) is 19.1. The minimum Gasteiger partial charge on any atom is -0.467 e. The molecule has 0 saturated heterocycles. The molecular formula is C26H23BrN2O3S. The molecule has 1 aliphatic carbocycles. The topological polar surface area (TPSA) is 67.7 Å². The van der Waals surface area contributed by atoms with E-state index in [1.807, 2.05) is 30.3 Å². The maximum absolute atomic E-state index is 13.1. The molecule has 0 fully saturated rings. The number of amides is 1. The lowest BCUT2D eigenvalue weighted by Gasteiger charge is -2.12. The third kappa shape index (κ3) is 4.75. The smallest absolute Gasteiger partial charge is 0.255 e. The highest BCUT2D eigenvalue weighted by molar-refractivity contribution is 9.10. The van der Waals surface area contributed by atoms with Crippen molar-refractivity contribution < 1.29 is 13.6 Å². The quantitative estimate of drug-likeness (QED) is 0.271. The number of hydrogen-bond donors (Lipinski definition) is 1. The number of carbonyl (C=O) groups is 1. The Morgan fingerprint density at radius 3 is 2.91 bits per heavy atom. The Labute approximate surface area is 204 Å². The van der Waals surface area contributed by atoms with Crippen LogP contribution in [0.2, 0.25) is 0 Å². The maximum atomic E-state index is 13.1. The van der Waals surface area contributed by atoms with Crippen LogP contribution >= 0.6 is 27.3 Å². The fourth-order valence-corrected chi connectivity index (χ4v) is 5.97. The van der Waals surface area contributed by atoms with E-state index in [0.29, 0.717) is 17.9 Å². The van der Waals surface area contributed by atoms with Crippen LogP contribution in [0, 0.1) is 6.92 Å². The zero-order valence-corrected chi connectivity index (χ0v) is 20.6. The van der Waals surface area contributed by atoms with E-state index in [1.165, 1.54) is 10.4 Å². The van der Waals surface area contributed by atoms with Crippen LogP contribution in [0.4, 0.5) is 5.00 Å². The fraction of sp³-hybridized carbons (Fsp3) is 0.231. The molecule has 1 aliphatic rings. The second kappa shape index (κ2) is 9.53. The van der Waals surface area contributed by atoms with Gasteiger partial charge in [-0.1, -0.05) is 22.0 Å². The molecule has 0 saturated carbocycles. The molecule has 0 unspecified atom stereocenters. The molecule has 3 heterocycles. The molecule has 33 heavy (non-hydrogen) atoms. The lowest BCUT2D eigenvalue weighted by Crippen LogP contribution is -2.23. The highest BCUT2D eigenvalue weighted by atomic mass is 79.9. The van der Waals surface area contributed by atoms with Crippen LogP contribution < -0.4 is 5.32 Å². The fourth-order valence-electron chi connectivity index (χ4n) is 4.05. The molecule has 3 aromatic heterocycles. The molecule has 1 aromatic carbocycles. The molecule has 1 amide bonds. The van der Waals surface area contributed by atoms with Gasteiger partial charge in [0.25, 0.3) is 5.91 Å². The van der Waals surface area contributed by atoms with Crippen LogP contribution in [0.25, 0.3) is 11.3 Å². The number of furan rings is 2. The molecule has 5 rings (SSSR count). The van der Waals surface area contributed by atoms with Crippen molar-refractivity contribution in [2.45, 2.75) is 39.2 Å². The van der Waals surface area contributed by atoms with Gasteiger partial charge in [0.1, 0.15) is 22.3 Å². The summed E-state index contributed by atoms with van der Waals surface area (Å²) in [5.74, 6) is 2.03. The van der Waals surface area contributed by atoms with E-state index in [1.54, 1.807) is 23.8 Å². The normalized spacial score (nSPS) is 13.4. The van der Waals surface area contributed by atoms with Crippen molar-refractivity contribution in [2.24, 2.45) is 4.99 Å². The predicted molar refractivity (Wildman–Crippen MR) is 135 cm³/mol. The molecule has 7 heteroatoms. The van der Waals surface area contributed by atoms with E-state index in [4.69, 9.17) is 13.8 Å². The lowest BCUT2D eigenvalue weighted by molar-refractivity contribution is 0.0948. The average Bonchev–Trinajstić information content (AvgIpc) is 3.55. The Bertz CT molecular complexity index is 1320. The summed E-state index contributed by atoms with van der Waals surface area (Å²) in [5.41, 5.74) is 3.99. The van der Waals surface area contributed by atoms with Crippen LogP contribution in [0.3, 0.4) is 0 Å². The van der Waals surface area contributed by atoms with E-state index < -0.39 is 0 Å². The molecule has 0 radical (unpaired) electrons. The molecule has 5 nitrogen and oxygen atoms in total. The number of fused-ring (bicyclic) bond motifs is 1. The van der Waals surface area contributed by atoms with Crippen molar-refractivity contribution >= 4 is 44.4 Å². The zero-order valence-electron chi connectivity index (χ0n) is 18.2. The molecular weight excluding hydrogens is 500 g/mol. The van der Waals surface area contributed by atoms with Crippen molar-refractivity contribution in [2.75, 3.05) is 0 Å². The standard InChI is InChI=1S/C26H23BrN2O3S/c1-16-8-10-19(21(27)13-16)22-11-9-18(32-22)15-29-26-24(20-6-2-3-7-23(20)33-26)25(30)28-14-17-5-4-12-31-17/h4-5,8-13,15H,2-3,6-7,14H2,1H3,(H,28,30). The summed E-state index contributed by atoms with van der Waals surface area (Å²) in [7, 11) is 0. The third-order valence-electron chi connectivity index (χ3n) is 5.71. The van der Waals surface area contributed by atoms with Crippen LogP contribution in [0.1, 0.15) is 50.7 Å². The Morgan fingerprint density at radius 2 is 2.09 bits per heavy atom. The number of carbonyl (C=O) groups excluding carboxylic acids is 1. The van der Waals surface area contributed by atoms with Gasteiger partial charge in [-0.05, 0) is 80.1 Å². The average molecular weight is 523 g/mol. The third-order valence-corrected chi connectivity index (χ3v) is 7.56. The van der Waals surface area contributed by atoms with Crippen molar-refractivity contribution in [1.29, 1.82) is 0 Å². The summed E-state index contributed by atoms with van der Waals surface area (Å²) < 4.78 is 12.4. The minimum atomic E-state index is -0.110. The first kappa shape index (κ1) is 21.9. The number of aliphatic imine (C=N–C) groups is 1. The van der Waals surface area contributed by atoms with Gasteiger partial charge in [0.15, 0.2) is 0 Å². The van der Waals surface area contributed by atoms with E-state index in [9.17, 15) is 4.79 Å². The Kier molecular flexibility index (Phi) is 6.33.